The Morgan fingerprint density at radius 3 is 2.71 bits per heavy atom. The molecular weight excluding hydrogens is 346 g/mol. The molecule has 0 saturated heterocycles. The minimum absolute atomic E-state index is 0.0423. The van der Waals surface area contributed by atoms with E-state index in [1.165, 1.54) is 25.7 Å². The number of nitrogens with one attached hydrogen (secondary N) is 2. The number of pyridine rings is 1. The van der Waals surface area contributed by atoms with Crippen molar-refractivity contribution < 1.29 is 4.79 Å². The zero-order valence-electron chi connectivity index (χ0n) is 17.2. The lowest BCUT2D eigenvalue weighted by atomic mass is 9.86. The molecule has 4 nitrogen and oxygen atoms in total. The summed E-state index contributed by atoms with van der Waals surface area (Å²) in [7, 11) is 0. The first kappa shape index (κ1) is 20.1. The van der Waals surface area contributed by atoms with Crippen LogP contribution in [0.25, 0.3) is 0 Å². The van der Waals surface area contributed by atoms with Crippen LogP contribution in [-0.4, -0.2) is 17.4 Å². The summed E-state index contributed by atoms with van der Waals surface area (Å²) < 4.78 is 0. The molecule has 0 aliphatic heterocycles. The molecule has 2 N–H and O–H groups in total. The van der Waals surface area contributed by atoms with E-state index < -0.39 is 0 Å². The molecule has 1 aliphatic rings. The summed E-state index contributed by atoms with van der Waals surface area (Å²) in [4.78, 5) is 17.0. The normalized spacial score (nSPS) is 14.3. The summed E-state index contributed by atoms with van der Waals surface area (Å²) in [5, 5.41) is 6.46. The minimum Gasteiger partial charge on any atom is -0.383 e. The average molecular weight is 378 g/mol. The number of hydrogen-bond donors (Lipinski definition) is 2. The lowest BCUT2D eigenvalue weighted by Gasteiger charge is -2.23. The zero-order chi connectivity index (χ0) is 20.0. The van der Waals surface area contributed by atoms with E-state index >= 15 is 0 Å². The van der Waals surface area contributed by atoms with Crippen LogP contribution >= 0.6 is 0 Å². The van der Waals surface area contributed by atoms with Crippen molar-refractivity contribution in [3.63, 3.8) is 0 Å². The Bertz CT molecular complexity index is 849. The number of rotatable bonds is 6. The third kappa shape index (κ3) is 5.44. The quantitative estimate of drug-likeness (QED) is 0.613. The second-order valence-corrected chi connectivity index (χ2v) is 8.50. The third-order valence-corrected chi connectivity index (χ3v) is 5.14. The number of para-hydroxylation sites is 1. The molecular formula is C24H31N3O. The van der Waals surface area contributed by atoms with Crippen LogP contribution < -0.4 is 10.6 Å². The molecule has 1 amide bonds. The van der Waals surface area contributed by atoms with Crippen LogP contribution in [0.1, 0.15) is 68.8 Å². The molecule has 1 aliphatic carbocycles. The van der Waals surface area contributed by atoms with Gasteiger partial charge in [-0.25, -0.2) is 0 Å². The number of benzene rings is 1. The molecule has 1 heterocycles. The number of carbonyl (C=O) groups excluding carboxylic acids is 1. The first-order valence-corrected chi connectivity index (χ1v) is 10.2. The molecule has 0 bridgehead atoms. The maximum atomic E-state index is 12.8. The summed E-state index contributed by atoms with van der Waals surface area (Å²) in [6.07, 6.45) is 11.9. The van der Waals surface area contributed by atoms with Gasteiger partial charge in [-0.1, -0.05) is 50.6 Å². The van der Waals surface area contributed by atoms with Crippen molar-refractivity contribution in [2.45, 2.75) is 58.3 Å². The fraction of sp³-hybridized carbons (Fsp3) is 0.417. The van der Waals surface area contributed by atoms with E-state index in [2.05, 4.69) is 48.5 Å². The van der Waals surface area contributed by atoms with Crippen LogP contribution in [0.15, 0.2) is 54.4 Å². The Morgan fingerprint density at radius 2 is 1.96 bits per heavy atom. The molecule has 148 valence electrons. The fourth-order valence-electron chi connectivity index (χ4n) is 3.60. The van der Waals surface area contributed by atoms with E-state index in [1.807, 2.05) is 24.3 Å². The van der Waals surface area contributed by atoms with Gasteiger partial charge in [0, 0.05) is 24.6 Å². The topological polar surface area (TPSA) is 54.0 Å². The third-order valence-electron chi connectivity index (χ3n) is 5.14. The molecule has 1 aromatic carbocycles. The van der Waals surface area contributed by atoms with Crippen molar-refractivity contribution in [3.05, 3.63) is 65.5 Å². The molecule has 4 heteroatoms. The number of aromatic nitrogens is 1. The summed E-state index contributed by atoms with van der Waals surface area (Å²) in [5.74, 6) is -0.136. The Hall–Kier alpha value is -2.62. The van der Waals surface area contributed by atoms with Gasteiger partial charge in [-0.3, -0.25) is 9.78 Å². The molecule has 28 heavy (non-hydrogen) atoms. The number of anilines is 2. The van der Waals surface area contributed by atoms with Gasteiger partial charge >= 0.3 is 0 Å². The predicted octanol–water partition coefficient (Wildman–Crippen LogP) is 5.93. The Morgan fingerprint density at radius 1 is 1.14 bits per heavy atom. The highest BCUT2D eigenvalue weighted by Gasteiger charge is 2.19. The molecule has 0 unspecified atom stereocenters. The molecule has 0 atom stereocenters. The van der Waals surface area contributed by atoms with E-state index in [-0.39, 0.29) is 11.3 Å². The summed E-state index contributed by atoms with van der Waals surface area (Å²) in [6.45, 7) is 7.30. The first-order chi connectivity index (χ1) is 13.4. The SMILES string of the molecule is CC(C)(C)c1ccccc1NC(=O)c1cncc(NCCC2=CCCCC2)c1. The summed E-state index contributed by atoms with van der Waals surface area (Å²) in [5.41, 5.74) is 4.91. The van der Waals surface area contributed by atoms with Crippen molar-refractivity contribution in [3.8, 4) is 0 Å². The van der Waals surface area contributed by atoms with Crippen LogP contribution in [0.2, 0.25) is 0 Å². The molecule has 3 rings (SSSR count). The van der Waals surface area contributed by atoms with E-state index in [9.17, 15) is 4.79 Å². The summed E-state index contributed by atoms with van der Waals surface area (Å²) >= 11 is 0. The lowest BCUT2D eigenvalue weighted by molar-refractivity contribution is 0.102. The number of nitrogens with zero attached hydrogens (tertiary/aromatic N) is 1. The van der Waals surface area contributed by atoms with Gasteiger partial charge in [-0.05, 0) is 55.2 Å². The number of allylic oxidation sites excluding steroid dienone is 1. The van der Waals surface area contributed by atoms with E-state index in [1.54, 1.807) is 18.0 Å². The standard InChI is InChI=1S/C24H31N3O/c1-24(2,3)21-11-7-8-12-22(21)27-23(28)19-15-20(17-25-16-19)26-14-13-18-9-5-4-6-10-18/h7-9,11-12,15-17,26H,4-6,10,13-14H2,1-3H3,(H,27,28). The zero-order valence-corrected chi connectivity index (χ0v) is 17.2. The fourth-order valence-corrected chi connectivity index (χ4v) is 3.60. The average Bonchev–Trinajstić information content (AvgIpc) is 2.69. The maximum absolute atomic E-state index is 12.8. The number of hydrogen-bond acceptors (Lipinski definition) is 3. The van der Waals surface area contributed by atoms with E-state index in [0.29, 0.717) is 5.56 Å². The van der Waals surface area contributed by atoms with Crippen molar-refractivity contribution in [1.29, 1.82) is 0 Å². The van der Waals surface area contributed by atoms with Gasteiger partial charge in [-0.15, -0.1) is 0 Å². The smallest absolute Gasteiger partial charge is 0.257 e. The highest BCUT2D eigenvalue weighted by atomic mass is 16.1. The second-order valence-electron chi connectivity index (χ2n) is 8.50. The van der Waals surface area contributed by atoms with Crippen LogP contribution in [0.5, 0.6) is 0 Å². The van der Waals surface area contributed by atoms with Gasteiger partial charge < -0.3 is 10.6 Å². The molecule has 0 radical (unpaired) electrons. The van der Waals surface area contributed by atoms with Gasteiger partial charge in [-0.2, -0.15) is 0 Å². The maximum Gasteiger partial charge on any atom is 0.257 e. The van der Waals surface area contributed by atoms with Gasteiger partial charge in [0.05, 0.1) is 11.3 Å². The molecule has 0 spiro atoms. The van der Waals surface area contributed by atoms with Crippen molar-refractivity contribution in [2.24, 2.45) is 0 Å². The highest BCUT2D eigenvalue weighted by Crippen LogP contribution is 2.29. The van der Waals surface area contributed by atoms with Gasteiger partial charge in [0.1, 0.15) is 0 Å². The van der Waals surface area contributed by atoms with Crippen LogP contribution in [0.4, 0.5) is 11.4 Å². The number of amides is 1. The minimum atomic E-state index is -0.136. The second kappa shape index (κ2) is 9.05. The van der Waals surface area contributed by atoms with E-state index in [4.69, 9.17) is 0 Å². The Balaban J connectivity index is 1.63. The molecule has 0 fully saturated rings. The molecule has 1 aromatic heterocycles. The van der Waals surface area contributed by atoms with Gasteiger partial charge in [0.2, 0.25) is 0 Å². The van der Waals surface area contributed by atoms with Crippen LogP contribution in [0.3, 0.4) is 0 Å². The monoisotopic (exact) mass is 377 g/mol. The number of carbonyl (C=O) groups is 1. The Labute approximate surface area is 168 Å². The van der Waals surface area contributed by atoms with Gasteiger partial charge in [0.15, 0.2) is 0 Å². The largest absolute Gasteiger partial charge is 0.383 e. The van der Waals surface area contributed by atoms with Crippen LogP contribution in [-0.2, 0) is 5.41 Å². The van der Waals surface area contributed by atoms with Crippen molar-refractivity contribution in [1.82, 2.24) is 4.98 Å². The van der Waals surface area contributed by atoms with Crippen molar-refractivity contribution in [2.75, 3.05) is 17.2 Å². The van der Waals surface area contributed by atoms with Crippen LogP contribution in [0, 0.1) is 0 Å². The highest BCUT2D eigenvalue weighted by molar-refractivity contribution is 6.05. The molecule has 2 aromatic rings. The summed E-state index contributed by atoms with van der Waals surface area (Å²) in [6, 6.07) is 9.83. The Kier molecular flexibility index (Phi) is 6.50. The first-order valence-electron chi connectivity index (χ1n) is 10.2. The predicted molar refractivity (Wildman–Crippen MR) is 117 cm³/mol. The van der Waals surface area contributed by atoms with E-state index in [0.717, 1.165) is 29.9 Å². The molecule has 0 saturated carbocycles. The van der Waals surface area contributed by atoms with Crippen molar-refractivity contribution >= 4 is 17.3 Å². The van der Waals surface area contributed by atoms with Gasteiger partial charge in [0.25, 0.3) is 5.91 Å². The lowest BCUT2D eigenvalue weighted by Crippen LogP contribution is -2.19.